The zero-order valence-corrected chi connectivity index (χ0v) is 4.91. The summed E-state index contributed by atoms with van der Waals surface area (Å²) in [6.45, 7) is 3.64. The number of primary amides is 1. The topological polar surface area (TPSA) is 64.7 Å². The molecule has 0 rings (SSSR count). The molecule has 0 aromatic rings. The summed E-state index contributed by atoms with van der Waals surface area (Å²) in [5, 5.41) is 3.19. The molecule has 0 aromatic heterocycles. The van der Waals surface area contributed by atoms with Crippen LogP contribution in [0.15, 0.2) is 17.8 Å². The molecule has 0 saturated heterocycles. The molecule has 0 bridgehead atoms. The molecule has 0 fully saturated rings. The third kappa shape index (κ3) is 6.68. The van der Waals surface area contributed by atoms with Gasteiger partial charge in [0.1, 0.15) is 12.8 Å². The van der Waals surface area contributed by atoms with E-state index in [1.54, 1.807) is 0 Å². The van der Waals surface area contributed by atoms with Gasteiger partial charge in [0.15, 0.2) is 0 Å². The molecule has 0 aliphatic rings. The third-order valence-electron chi connectivity index (χ3n) is 0.447. The smallest absolute Gasteiger partial charge is 0.263 e. The van der Waals surface area contributed by atoms with Crippen molar-refractivity contribution in [1.82, 2.24) is 0 Å². The standard InChI is InChI=1S/C5H8N2O2/c1-2-3-9-7-4-5(6)8/h2,4H,1,3H2,(H2,6,8)/b7-4+. The number of amides is 1. The van der Waals surface area contributed by atoms with E-state index in [4.69, 9.17) is 0 Å². The number of nitrogens with two attached hydrogens (primary N) is 1. The van der Waals surface area contributed by atoms with Crippen LogP contribution in [0.25, 0.3) is 0 Å². The van der Waals surface area contributed by atoms with Gasteiger partial charge < -0.3 is 10.6 Å². The lowest BCUT2D eigenvalue weighted by molar-refractivity contribution is -0.111. The SMILES string of the molecule is C=CCO/N=C/C(N)=O. The van der Waals surface area contributed by atoms with Crippen LogP contribution in [0.1, 0.15) is 0 Å². The molecule has 0 aliphatic carbocycles. The van der Waals surface area contributed by atoms with Crippen LogP contribution in [0.2, 0.25) is 0 Å². The normalized spacial score (nSPS) is 9.33. The van der Waals surface area contributed by atoms with E-state index in [1.807, 2.05) is 0 Å². The molecule has 0 saturated carbocycles. The summed E-state index contributed by atoms with van der Waals surface area (Å²) in [5.74, 6) is -0.626. The van der Waals surface area contributed by atoms with E-state index in [2.05, 4.69) is 22.3 Å². The van der Waals surface area contributed by atoms with Gasteiger partial charge in [-0.15, -0.1) is 0 Å². The minimum absolute atomic E-state index is 0.282. The first-order valence-electron chi connectivity index (χ1n) is 2.33. The Morgan fingerprint density at radius 1 is 1.89 bits per heavy atom. The van der Waals surface area contributed by atoms with Crippen LogP contribution in [0, 0.1) is 0 Å². The number of nitrogens with zero attached hydrogens (tertiary/aromatic N) is 1. The van der Waals surface area contributed by atoms with Gasteiger partial charge in [-0.25, -0.2) is 0 Å². The Bertz CT molecular complexity index is 131. The fourth-order valence-corrected chi connectivity index (χ4v) is 0.185. The Balaban J connectivity index is 3.24. The summed E-state index contributed by atoms with van der Waals surface area (Å²) in [6, 6.07) is 0. The van der Waals surface area contributed by atoms with Gasteiger partial charge in [-0.2, -0.15) is 0 Å². The quantitative estimate of drug-likeness (QED) is 0.243. The van der Waals surface area contributed by atoms with Gasteiger partial charge in [-0.3, -0.25) is 4.79 Å². The van der Waals surface area contributed by atoms with E-state index >= 15 is 0 Å². The highest BCUT2D eigenvalue weighted by molar-refractivity contribution is 6.25. The molecule has 0 unspecified atom stereocenters. The zero-order chi connectivity index (χ0) is 7.11. The van der Waals surface area contributed by atoms with Crippen LogP contribution in [0.3, 0.4) is 0 Å². The number of hydrogen-bond acceptors (Lipinski definition) is 3. The summed E-state index contributed by atoms with van der Waals surface area (Å²) >= 11 is 0. The maximum absolute atomic E-state index is 9.93. The Labute approximate surface area is 53.0 Å². The summed E-state index contributed by atoms with van der Waals surface area (Å²) in [7, 11) is 0. The van der Waals surface area contributed by atoms with Gasteiger partial charge in [0.2, 0.25) is 0 Å². The average molecular weight is 128 g/mol. The van der Waals surface area contributed by atoms with Gasteiger partial charge in [0, 0.05) is 0 Å². The highest BCUT2D eigenvalue weighted by Crippen LogP contribution is 1.72. The van der Waals surface area contributed by atoms with Crippen LogP contribution in [-0.4, -0.2) is 18.7 Å². The van der Waals surface area contributed by atoms with Crippen molar-refractivity contribution in [3.05, 3.63) is 12.7 Å². The van der Waals surface area contributed by atoms with E-state index in [0.29, 0.717) is 0 Å². The largest absolute Gasteiger partial charge is 0.391 e. The second-order valence-electron chi connectivity index (χ2n) is 1.22. The van der Waals surface area contributed by atoms with E-state index in [1.165, 1.54) is 6.08 Å². The number of oxime groups is 1. The van der Waals surface area contributed by atoms with Crippen molar-refractivity contribution in [2.45, 2.75) is 0 Å². The molecule has 0 atom stereocenters. The maximum Gasteiger partial charge on any atom is 0.263 e. The molecule has 0 radical (unpaired) electrons. The second kappa shape index (κ2) is 4.83. The minimum atomic E-state index is -0.626. The molecular formula is C5H8N2O2. The van der Waals surface area contributed by atoms with Crippen LogP contribution >= 0.6 is 0 Å². The lowest BCUT2D eigenvalue weighted by atomic mass is 10.7. The Kier molecular flexibility index (Phi) is 4.12. The number of carbonyl (C=O) groups excluding carboxylic acids is 1. The third-order valence-corrected chi connectivity index (χ3v) is 0.447. The molecule has 0 aliphatic heterocycles. The summed E-state index contributed by atoms with van der Waals surface area (Å²) in [5.41, 5.74) is 4.68. The Morgan fingerprint density at radius 3 is 3.00 bits per heavy atom. The van der Waals surface area contributed by atoms with Crippen LogP contribution in [0.4, 0.5) is 0 Å². The number of carbonyl (C=O) groups is 1. The maximum atomic E-state index is 9.93. The lowest BCUT2D eigenvalue weighted by Gasteiger charge is -1.87. The molecule has 0 spiro atoms. The highest BCUT2D eigenvalue weighted by Gasteiger charge is 1.80. The molecule has 4 heteroatoms. The van der Waals surface area contributed by atoms with Gasteiger partial charge in [-0.05, 0) is 0 Å². The predicted molar refractivity (Wildman–Crippen MR) is 33.8 cm³/mol. The first kappa shape index (κ1) is 7.68. The lowest BCUT2D eigenvalue weighted by Crippen LogP contribution is -2.11. The fraction of sp³-hybridized carbons (Fsp3) is 0.200. The first-order valence-corrected chi connectivity index (χ1v) is 2.33. The van der Waals surface area contributed by atoms with Crippen LogP contribution in [-0.2, 0) is 9.63 Å². The summed E-state index contributed by atoms with van der Waals surface area (Å²) in [4.78, 5) is 14.4. The van der Waals surface area contributed by atoms with Crippen molar-refractivity contribution in [3.63, 3.8) is 0 Å². The van der Waals surface area contributed by atoms with Crippen molar-refractivity contribution in [2.24, 2.45) is 10.9 Å². The van der Waals surface area contributed by atoms with Gasteiger partial charge in [0.25, 0.3) is 5.91 Å². The zero-order valence-electron chi connectivity index (χ0n) is 4.91. The van der Waals surface area contributed by atoms with Gasteiger partial charge >= 0.3 is 0 Å². The van der Waals surface area contributed by atoms with Gasteiger partial charge in [0.05, 0.1) is 0 Å². The van der Waals surface area contributed by atoms with Crippen molar-refractivity contribution < 1.29 is 9.63 Å². The van der Waals surface area contributed by atoms with Gasteiger partial charge in [-0.1, -0.05) is 17.8 Å². The van der Waals surface area contributed by atoms with Crippen molar-refractivity contribution >= 4 is 12.1 Å². The Hall–Kier alpha value is -1.32. The molecule has 2 N–H and O–H groups in total. The van der Waals surface area contributed by atoms with E-state index < -0.39 is 5.91 Å². The van der Waals surface area contributed by atoms with Crippen molar-refractivity contribution in [3.8, 4) is 0 Å². The van der Waals surface area contributed by atoms with Crippen LogP contribution < -0.4 is 5.73 Å². The Morgan fingerprint density at radius 2 is 2.56 bits per heavy atom. The summed E-state index contributed by atoms with van der Waals surface area (Å²) < 4.78 is 0. The second-order valence-corrected chi connectivity index (χ2v) is 1.22. The van der Waals surface area contributed by atoms with E-state index in [9.17, 15) is 4.79 Å². The van der Waals surface area contributed by atoms with E-state index in [-0.39, 0.29) is 6.61 Å². The monoisotopic (exact) mass is 128 g/mol. The molecule has 1 amide bonds. The molecule has 9 heavy (non-hydrogen) atoms. The van der Waals surface area contributed by atoms with E-state index in [0.717, 1.165) is 6.21 Å². The number of rotatable bonds is 4. The van der Waals surface area contributed by atoms with Crippen molar-refractivity contribution in [1.29, 1.82) is 0 Å². The predicted octanol–water partition coefficient (Wildman–Crippen LogP) is -0.340. The summed E-state index contributed by atoms with van der Waals surface area (Å²) in [6.07, 6.45) is 2.40. The molecule has 50 valence electrons. The highest BCUT2D eigenvalue weighted by atomic mass is 16.6. The van der Waals surface area contributed by atoms with Crippen LogP contribution in [0.5, 0.6) is 0 Å². The first-order chi connectivity index (χ1) is 4.27. The molecular weight excluding hydrogens is 120 g/mol. The molecule has 4 nitrogen and oxygen atoms in total. The van der Waals surface area contributed by atoms with Crippen molar-refractivity contribution in [2.75, 3.05) is 6.61 Å². The average Bonchev–Trinajstić information content (AvgIpc) is 1.80. The number of hydrogen-bond donors (Lipinski definition) is 1. The fourth-order valence-electron chi connectivity index (χ4n) is 0.185. The minimum Gasteiger partial charge on any atom is -0.391 e. The molecule has 0 heterocycles. The molecule has 0 aromatic carbocycles.